The van der Waals surface area contributed by atoms with E-state index < -0.39 is 21.2 Å². The zero-order valence-corrected chi connectivity index (χ0v) is 11.4. The van der Waals surface area contributed by atoms with Crippen LogP contribution in [0.15, 0.2) is 24.3 Å². The van der Waals surface area contributed by atoms with E-state index in [0.29, 0.717) is 5.56 Å². The fourth-order valence-electron chi connectivity index (χ4n) is 1.73. The summed E-state index contributed by atoms with van der Waals surface area (Å²) in [7, 11) is -3.23. The van der Waals surface area contributed by atoms with Crippen molar-refractivity contribution in [1.29, 1.82) is 0 Å². The van der Waals surface area contributed by atoms with Crippen molar-refractivity contribution in [3.05, 3.63) is 35.4 Å². The van der Waals surface area contributed by atoms with Crippen molar-refractivity contribution in [3.8, 4) is 0 Å². The van der Waals surface area contributed by atoms with Crippen LogP contribution < -0.4 is 0 Å². The van der Waals surface area contributed by atoms with E-state index in [1.54, 1.807) is 6.07 Å². The predicted molar refractivity (Wildman–Crippen MR) is 69.7 cm³/mol. The smallest absolute Gasteiger partial charge is 0.152 e. The average molecular weight is 256 g/mol. The molecule has 2 unspecified atom stereocenters. The van der Waals surface area contributed by atoms with Crippen LogP contribution in [0.5, 0.6) is 0 Å². The maximum absolute atomic E-state index is 11.4. The van der Waals surface area contributed by atoms with Crippen molar-refractivity contribution in [2.45, 2.75) is 38.0 Å². The summed E-state index contributed by atoms with van der Waals surface area (Å²) in [5, 5.41) is 9.26. The van der Waals surface area contributed by atoms with Gasteiger partial charge in [0.05, 0.1) is 11.4 Å². The lowest BCUT2D eigenvalue weighted by Crippen LogP contribution is -2.24. The summed E-state index contributed by atoms with van der Waals surface area (Å²) in [4.78, 5) is 0. The lowest BCUT2D eigenvalue weighted by molar-refractivity contribution is 0.176. The van der Waals surface area contributed by atoms with Gasteiger partial charge in [-0.2, -0.15) is 0 Å². The molecule has 3 nitrogen and oxygen atoms in total. The molecule has 1 aromatic carbocycles. The van der Waals surface area contributed by atoms with E-state index in [0.717, 1.165) is 24.7 Å². The topological polar surface area (TPSA) is 54.4 Å². The van der Waals surface area contributed by atoms with E-state index in [9.17, 15) is 13.5 Å². The molecule has 1 aromatic rings. The Balaban J connectivity index is 2.96. The van der Waals surface area contributed by atoms with E-state index in [2.05, 4.69) is 6.92 Å². The van der Waals surface area contributed by atoms with Crippen LogP contribution >= 0.6 is 0 Å². The molecule has 1 rings (SSSR count). The standard InChI is InChI=1S/C13H20O3S/c1-4-6-11-7-5-8-12(9-11)13(14)10(2)17(3,15)16/h5,7-10,13-14H,4,6H2,1-3H3. The van der Waals surface area contributed by atoms with Crippen LogP contribution in [0.1, 0.15) is 37.5 Å². The van der Waals surface area contributed by atoms with Gasteiger partial charge in [-0.05, 0) is 24.5 Å². The summed E-state index contributed by atoms with van der Waals surface area (Å²) < 4.78 is 22.8. The molecule has 17 heavy (non-hydrogen) atoms. The fourth-order valence-corrected chi connectivity index (χ4v) is 2.35. The summed E-state index contributed by atoms with van der Waals surface area (Å²) in [5.74, 6) is 0. The van der Waals surface area contributed by atoms with Crippen LogP contribution in [0.3, 0.4) is 0 Å². The van der Waals surface area contributed by atoms with Gasteiger partial charge in [0.2, 0.25) is 0 Å². The van der Waals surface area contributed by atoms with Crippen LogP contribution in [-0.2, 0) is 16.3 Å². The van der Waals surface area contributed by atoms with Gasteiger partial charge in [-0.1, -0.05) is 37.6 Å². The number of hydrogen-bond donors (Lipinski definition) is 1. The van der Waals surface area contributed by atoms with E-state index in [1.165, 1.54) is 6.92 Å². The molecule has 0 bridgehead atoms. The molecule has 1 N–H and O–H groups in total. The number of rotatable bonds is 5. The first-order valence-corrected chi connectivity index (χ1v) is 7.77. The highest BCUT2D eigenvalue weighted by atomic mass is 32.2. The minimum absolute atomic E-state index is 0.675. The van der Waals surface area contributed by atoms with Gasteiger partial charge in [0, 0.05) is 6.26 Å². The quantitative estimate of drug-likeness (QED) is 0.877. The Hall–Kier alpha value is -0.870. The molecular weight excluding hydrogens is 236 g/mol. The summed E-state index contributed by atoms with van der Waals surface area (Å²) in [6.45, 7) is 3.62. The van der Waals surface area contributed by atoms with Gasteiger partial charge in [0.25, 0.3) is 0 Å². The molecule has 0 amide bonds. The van der Waals surface area contributed by atoms with E-state index in [-0.39, 0.29) is 0 Å². The first-order chi connectivity index (χ1) is 7.86. The Morgan fingerprint density at radius 3 is 2.53 bits per heavy atom. The zero-order chi connectivity index (χ0) is 13.1. The number of aliphatic hydroxyl groups excluding tert-OH is 1. The van der Waals surface area contributed by atoms with Crippen LogP contribution in [0.25, 0.3) is 0 Å². The molecule has 4 heteroatoms. The summed E-state index contributed by atoms with van der Waals surface area (Å²) in [6, 6.07) is 7.50. The third kappa shape index (κ3) is 3.82. The SMILES string of the molecule is CCCc1cccc(C(O)C(C)S(C)(=O)=O)c1. The molecule has 0 aliphatic rings. The third-order valence-corrected chi connectivity index (χ3v) is 4.56. The van der Waals surface area contributed by atoms with Gasteiger partial charge in [0.1, 0.15) is 0 Å². The fraction of sp³-hybridized carbons (Fsp3) is 0.538. The molecule has 0 aliphatic carbocycles. The van der Waals surface area contributed by atoms with Crippen molar-refractivity contribution >= 4 is 9.84 Å². The van der Waals surface area contributed by atoms with Gasteiger partial charge < -0.3 is 5.11 Å². The number of aliphatic hydroxyl groups is 1. The number of benzene rings is 1. The molecule has 0 radical (unpaired) electrons. The normalized spacial score (nSPS) is 15.5. The molecular formula is C13H20O3S. The molecule has 0 fully saturated rings. The zero-order valence-electron chi connectivity index (χ0n) is 10.6. The monoisotopic (exact) mass is 256 g/mol. The van der Waals surface area contributed by atoms with Gasteiger partial charge in [-0.3, -0.25) is 0 Å². The highest BCUT2D eigenvalue weighted by Crippen LogP contribution is 2.22. The third-order valence-electron chi connectivity index (χ3n) is 2.95. The molecule has 96 valence electrons. The first-order valence-electron chi connectivity index (χ1n) is 5.82. The van der Waals surface area contributed by atoms with E-state index >= 15 is 0 Å². The highest BCUT2D eigenvalue weighted by Gasteiger charge is 2.25. The second kappa shape index (κ2) is 5.65. The van der Waals surface area contributed by atoms with Crippen molar-refractivity contribution in [2.75, 3.05) is 6.26 Å². The Morgan fingerprint density at radius 1 is 1.35 bits per heavy atom. The summed E-state index contributed by atoms with van der Waals surface area (Å²) in [6.07, 6.45) is 2.16. The number of aryl methyl sites for hydroxylation is 1. The maximum atomic E-state index is 11.4. The Kier molecular flexibility index (Phi) is 4.71. The Bertz CT molecular complexity index is 465. The van der Waals surface area contributed by atoms with E-state index in [4.69, 9.17) is 0 Å². The minimum Gasteiger partial charge on any atom is -0.387 e. The lowest BCUT2D eigenvalue weighted by atomic mass is 10.0. The molecule has 0 spiro atoms. The Labute approximate surface area is 103 Å². The van der Waals surface area contributed by atoms with E-state index in [1.807, 2.05) is 18.2 Å². The van der Waals surface area contributed by atoms with Gasteiger partial charge in [0.15, 0.2) is 9.84 Å². The molecule has 0 aliphatic heterocycles. The number of hydrogen-bond acceptors (Lipinski definition) is 3. The minimum atomic E-state index is -3.23. The first kappa shape index (κ1) is 14.2. The summed E-state index contributed by atoms with van der Waals surface area (Å²) in [5.41, 5.74) is 1.80. The van der Waals surface area contributed by atoms with Crippen molar-refractivity contribution in [2.24, 2.45) is 0 Å². The second-order valence-corrected chi connectivity index (χ2v) is 6.88. The van der Waals surface area contributed by atoms with Crippen LogP contribution in [-0.4, -0.2) is 25.0 Å². The second-order valence-electron chi connectivity index (χ2n) is 4.47. The molecule has 0 saturated heterocycles. The molecule has 0 aromatic heterocycles. The largest absolute Gasteiger partial charge is 0.387 e. The number of sulfone groups is 1. The maximum Gasteiger partial charge on any atom is 0.152 e. The molecule has 0 saturated carbocycles. The van der Waals surface area contributed by atoms with Crippen molar-refractivity contribution in [1.82, 2.24) is 0 Å². The average Bonchev–Trinajstić information content (AvgIpc) is 2.27. The molecule has 2 atom stereocenters. The Morgan fingerprint density at radius 2 is 2.00 bits per heavy atom. The van der Waals surface area contributed by atoms with Gasteiger partial charge in [-0.15, -0.1) is 0 Å². The lowest BCUT2D eigenvalue weighted by Gasteiger charge is -2.18. The summed E-state index contributed by atoms with van der Waals surface area (Å²) >= 11 is 0. The predicted octanol–water partition coefficient (Wildman–Crippen LogP) is 2.11. The van der Waals surface area contributed by atoms with Crippen LogP contribution in [0.4, 0.5) is 0 Å². The van der Waals surface area contributed by atoms with Crippen molar-refractivity contribution in [3.63, 3.8) is 0 Å². The van der Waals surface area contributed by atoms with Gasteiger partial charge >= 0.3 is 0 Å². The molecule has 0 heterocycles. The van der Waals surface area contributed by atoms with Gasteiger partial charge in [-0.25, -0.2) is 8.42 Å². The van der Waals surface area contributed by atoms with Crippen LogP contribution in [0, 0.1) is 0 Å². The van der Waals surface area contributed by atoms with Crippen molar-refractivity contribution < 1.29 is 13.5 Å². The van der Waals surface area contributed by atoms with Crippen LogP contribution in [0.2, 0.25) is 0 Å². The highest BCUT2D eigenvalue weighted by molar-refractivity contribution is 7.91.